The summed E-state index contributed by atoms with van der Waals surface area (Å²) in [4.78, 5) is 38.6. The molecule has 1 aliphatic heterocycles. The Labute approximate surface area is 223 Å². The van der Waals surface area contributed by atoms with Crippen molar-refractivity contribution in [1.29, 1.82) is 0 Å². The average Bonchev–Trinajstić information content (AvgIpc) is 2.90. The molecular formula is C27H23N3O7S. The molecule has 0 aliphatic carbocycles. The maximum atomic E-state index is 13.4. The number of ether oxygens (including phenoxy) is 3. The van der Waals surface area contributed by atoms with Crippen LogP contribution >= 0.6 is 12.2 Å². The lowest BCUT2D eigenvalue weighted by molar-refractivity contribution is -0.385. The summed E-state index contributed by atoms with van der Waals surface area (Å²) in [6, 6.07) is 18.5. The van der Waals surface area contributed by atoms with E-state index in [1.54, 1.807) is 24.3 Å². The molecule has 3 aromatic carbocycles. The number of benzene rings is 3. The van der Waals surface area contributed by atoms with Crippen LogP contribution in [0.4, 0.5) is 11.4 Å². The number of rotatable bonds is 9. The first-order valence-corrected chi connectivity index (χ1v) is 11.9. The molecule has 1 fully saturated rings. The zero-order valence-corrected chi connectivity index (χ0v) is 21.3. The number of hydrogen-bond acceptors (Lipinski definition) is 8. The smallest absolute Gasteiger partial charge is 0.280 e. The second-order valence-corrected chi connectivity index (χ2v) is 8.37. The maximum absolute atomic E-state index is 13.4. The second kappa shape index (κ2) is 11.5. The highest BCUT2D eigenvalue weighted by Crippen LogP contribution is 2.37. The van der Waals surface area contributed by atoms with E-state index < -0.39 is 16.7 Å². The number of thiocarbonyl (C=S) groups is 1. The molecule has 10 nitrogen and oxygen atoms in total. The third kappa shape index (κ3) is 5.62. The first-order valence-electron chi connectivity index (χ1n) is 11.5. The molecule has 1 saturated heterocycles. The van der Waals surface area contributed by atoms with Crippen molar-refractivity contribution in [3.63, 3.8) is 0 Å². The van der Waals surface area contributed by atoms with Gasteiger partial charge < -0.3 is 14.2 Å². The Hall–Kier alpha value is -4.77. The van der Waals surface area contributed by atoms with E-state index in [-0.39, 0.29) is 40.0 Å². The van der Waals surface area contributed by atoms with Crippen LogP contribution in [-0.4, -0.2) is 35.6 Å². The maximum Gasteiger partial charge on any atom is 0.280 e. The van der Waals surface area contributed by atoms with Crippen LogP contribution < -0.4 is 24.4 Å². The molecule has 0 radical (unpaired) electrons. The van der Waals surface area contributed by atoms with Gasteiger partial charge in [-0.3, -0.25) is 29.9 Å². The zero-order chi connectivity index (χ0) is 27.2. The first-order chi connectivity index (χ1) is 18.3. The molecule has 0 atom stereocenters. The van der Waals surface area contributed by atoms with Crippen molar-refractivity contribution < 1.29 is 28.7 Å². The van der Waals surface area contributed by atoms with Gasteiger partial charge in [-0.15, -0.1) is 0 Å². The number of amides is 2. The Balaban J connectivity index is 1.72. The van der Waals surface area contributed by atoms with Gasteiger partial charge in [0.1, 0.15) is 17.9 Å². The van der Waals surface area contributed by atoms with E-state index in [0.717, 1.165) is 16.5 Å². The minimum absolute atomic E-state index is 0.0201. The summed E-state index contributed by atoms with van der Waals surface area (Å²) < 4.78 is 16.7. The van der Waals surface area contributed by atoms with Gasteiger partial charge in [-0.25, -0.2) is 0 Å². The normalized spacial score (nSPS) is 14.3. The van der Waals surface area contributed by atoms with Crippen LogP contribution in [0.1, 0.15) is 18.1 Å². The molecule has 0 unspecified atom stereocenters. The molecule has 4 rings (SSSR count). The predicted molar refractivity (Wildman–Crippen MR) is 144 cm³/mol. The fourth-order valence-corrected chi connectivity index (χ4v) is 4.05. The summed E-state index contributed by atoms with van der Waals surface area (Å²) in [5, 5.41) is 14.3. The molecule has 3 aromatic rings. The molecule has 1 aliphatic rings. The number of nitro benzene ring substituents is 1. The van der Waals surface area contributed by atoms with Crippen LogP contribution in [0.25, 0.3) is 6.08 Å². The lowest BCUT2D eigenvalue weighted by Crippen LogP contribution is -2.54. The number of carbonyl (C=O) groups excluding carboxylic acids is 2. The number of anilines is 1. The van der Waals surface area contributed by atoms with Gasteiger partial charge in [0.25, 0.3) is 17.5 Å². The van der Waals surface area contributed by atoms with Crippen LogP contribution in [0, 0.1) is 10.1 Å². The fraction of sp³-hybridized carbons (Fsp3) is 0.148. The predicted octanol–water partition coefficient (Wildman–Crippen LogP) is 4.41. The van der Waals surface area contributed by atoms with Gasteiger partial charge in [-0.1, -0.05) is 36.4 Å². The molecular weight excluding hydrogens is 510 g/mol. The van der Waals surface area contributed by atoms with E-state index >= 15 is 0 Å². The second-order valence-electron chi connectivity index (χ2n) is 7.98. The van der Waals surface area contributed by atoms with Crippen molar-refractivity contribution in [1.82, 2.24) is 5.32 Å². The van der Waals surface area contributed by atoms with E-state index in [4.69, 9.17) is 26.4 Å². The number of nitro groups is 1. The van der Waals surface area contributed by atoms with Crippen molar-refractivity contribution in [3.05, 3.63) is 93.5 Å². The SMILES string of the molecule is CCOc1cccc(N2C(=O)/C(=C/c3cc(OC)c(OCc4ccccc4)cc3[N+](=O)[O-])C(=O)NC2=S)c1. The minimum atomic E-state index is -0.783. The largest absolute Gasteiger partial charge is 0.494 e. The Morgan fingerprint density at radius 3 is 2.47 bits per heavy atom. The molecule has 1 N–H and O–H groups in total. The standard InChI is InChI=1S/C27H23N3O7S/c1-3-36-20-11-7-10-19(14-20)29-26(32)21(25(31)28-27(29)38)12-18-13-23(35-2)24(15-22(18)30(33)34)37-16-17-8-5-4-6-9-17/h4-15H,3,16H2,1-2H3,(H,28,31,38)/b21-12+. The molecule has 38 heavy (non-hydrogen) atoms. The molecule has 0 spiro atoms. The van der Waals surface area contributed by atoms with Crippen LogP contribution in [-0.2, 0) is 16.2 Å². The number of hydrogen-bond donors (Lipinski definition) is 1. The highest BCUT2D eigenvalue weighted by atomic mass is 32.1. The molecule has 0 aromatic heterocycles. The molecule has 11 heteroatoms. The van der Waals surface area contributed by atoms with Crippen molar-refractivity contribution in [2.24, 2.45) is 0 Å². The van der Waals surface area contributed by atoms with Crippen molar-refractivity contribution in [2.75, 3.05) is 18.6 Å². The van der Waals surface area contributed by atoms with Crippen LogP contribution in [0.15, 0.2) is 72.3 Å². The van der Waals surface area contributed by atoms with E-state index in [1.165, 1.54) is 19.2 Å². The first kappa shape index (κ1) is 26.3. The quantitative estimate of drug-likeness (QED) is 0.141. The Kier molecular flexibility index (Phi) is 7.97. The van der Waals surface area contributed by atoms with Gasteiger partial charge in [0.15, 0.2) is 16.6 Å². The van der Waals surface area contributed by atoms with Gasteiger partial charge in [-0.2, -0.15) is 0 Å². The third-order valence-electron chi connectivity index (χ3n) is 5.54. The summed E-state index contributed by atoms with van der Waals surface area (Å²) in [6.45, 7) is 2.40. The van der Waals surface area contributed by atoms with Gasteiger partial charge in [0.2, 0.25) is 0 Å². The summed E-state index contributed by atoms with van der Waals surface area (Å²) in [5.41, 5.74) is 0.489. The van der Waals surface area contributed by atoms with Gasteiger partial charge in [0, 0.05) is 6.07 Å². The lowest BCUT2D eigenvalue weighted by atomic mass is 10.0. The van der Waals surface area contributed by atoms with Crippen molar-refractivity contribution >= 4 is 46.6 Å². The van der Waals surface area contributed by atoms with Crippen LogP contribution in [0.2, 0.25) is 0 Å². The Morgan fingerprint density at radius 2 is 1.79 bits per heavy atom. The molecule has 0 bridgehead atoms. The van der Waals surface area contributed by atoms with E-state index in [2.05, 4.69) is 5.32 Å². The summed E-state index contributed by atoms with van der Waals surface area (Å²) in [5.74, 6) is -0.687. The van der Waals surface area contributed by atoms with E-state index in [0.29, 0.717) is 18.0 Å². The molecule has 1 heterocycles. The minimum Gasteiger partial charge on any atom is -0.494 e. The Morgan fingerprint density at radius 1 is 1.03 bits per heavy atom. The summed E-state index contributed by atoms with van der Waals surface area (Å²) in [7, 11) is 1.39. The monoisotopic (exact) mass is 533 g/mol. The summed E-state index contributed by atoms with van der Waals surface area (Å²) in [6.07, 6.45) is 1.14. The number of nitrogens with one attached hydrogen (secondary N) is 1. The highest BCUT2D eigenvalue weighted by molar-refractivity contribution is 7.80. The third-order valence-corrected chi connectivity index (χ3v) is 5.82. The average molecular weight is 534 g/mol. The number of methoxy groups -OCH3 is 1. The number of nitrogens with zero attached hydrogens (tertiary/aromatic N) is 2. The lowest BCUT2D eigenvalue weighted by Gasteiger charge is -2.29. The number of carbonyl (C=O) groups is 2. The van der Waals surface area contributed by atoms with E-state index in [9.17, 15) is 19.7 Å². The fourth-order valence-electron chi connectivity index (χ4n) is 3.77. The van der Waals surface area contributed by atoms with Crippen LogP contribution in [0.5, 0.6) is 17.2 Å². The molecule has 0 saturated carbocycles. The highest BCUT2D eigenvalue weighted by Gasteiger charge is 2.35. The summed E-state index contributed by atoms with van der Waals surface area (Å²) >= 11 is 5.24. The van der Waals surface area contributed by atoms with Crippen molar-refractivity contribution in [2.45, 2.75) is 13.5 Å². The molecule has 2 amide bonds. The van der Waals surface area contributed by atoms with Gasteiger partial charge in [0.05, 0.1) is 36.0 Å². The Bertz CT molecular complexity index is 1440. The van der Waals surface area contributed by atoms with E-state index in [1.807, 2.05) is 37.3 Å². The zero-order valence-electron chi connectivity index (χ0n) is 20.5. The molecule has 194 valence electrons. The van der Waals surface area contributed by atoms with Crippen LogP contribution in [0.3, 0.4) is 0 Å². The topological polar surface area (TPSA) is 120 Å². The van der Waals surface area contributed by atoms with Crippen molar-refractivity contribution in [3.8, 4) is 17.2 Å². The van der Waals surface area contributed by atoms with Gasteiger partial charge >= 0.3 is 0 Å². The van der Waals surface area contributed by atoms with Gasteiger partial charge in [-0.05, 0) is 49.0 Å².